The molecule has 1 aliphatic rings. The van der Waals surface area contributed by atoms with Crippen LogP contribution in [0.5, 0.6) is 0 Å². The zero-order valence-electron chi connectivity index (χ0n) is 12.1. The molecule has 2 aromatic heterocycles. The van der Waals surface area contributed by atoms with Crippen molar-refractivity contribution in [2.24, 2.45) is 23.7 Å². The molecule has 6 nitrogen and oxygen atoms in total. The molecule has 0 bridgehead atoms. The highest BCUT2D eigenvalue weighted by molar-refractivity contribution is 14.0. The maximum Gasteiger partial charge on any atom is 0.193 e. The first-order chi connectivity index (χ1) is 9.61. The van der Waals surface area contributed by atoms with Crippen LogP contribution in [0, 0.1) is 5.92 Å². The smallest absolute Gasteiger partial charge is 0.193 e. The summed E-state index contributed by atoms with van der Waals surface area (Å²) in [5, 5.41) is 7.03. The first-order valence-corrected chi connectivity index (χ1v) is 6.76. The number of rotatable bonds is 4. The molecule has 1 fully saturated rings. The molecule has 1 aliphatic carbocycles. The van der Waals surface area contributed by atoms with E-state index < -0.39 is 0 Å². The summed E-state index contributed by atoms with van der Waals surface area (Å²) >= 11 is 0. The quantitative estimate of drug-likeness (QED) is 0.469. The van der Waals surface area contributed by atoms with E-state index in [4.69, 9.17) is 10.2 Å². The van der Waals surface area contributed by atoms with Gasteiger partial charge in [-0.25, -0.2) is 4.99 Å². The number of furan rings is 1. The Bertz CT molecular complexity index is 633. The van der Waals surface area contributed by atoms with Crippen LogP contribution in [0.25, 0.3) is 0 Å². The minimum atomic E-state index is 0. The van der Waals surface area contributed by atoms with Gasteiger partial charge >= 0.3 is 0 Å². The van der Waals surface area contributed by atoms with Crippen molar-refractivity contribution in [3.63, 3.8) is 0 Å². The largest absolute Gasteiger partial charge is 0.464 e. The average Bonchev–Trinajstić information content (AvgIpc) is 2.82. The van der Waals surface area contributed by atoms with Crippen molar-refractivity contribution in [3.8, 4) is 0 Å². The first-order valence-electron chi connectivity index (χ1n) is 6.76. The number of hydrogen-bond acceptors (Lipinski definition) is 3. The van der Waals surface area contributed by atoms with Crippen LogP contribution in [0.3, 0.4) is 0 Å². The SMILES string of the molecule is CC1CC1c1ccc(CN=C(N)Nc2cnn(C)c2)o1.I. The third-order valence-corrected chi connectivity index (χ3v) is 3.54. The molecule has 21 heavy (non-hydrogen) atoms. The minimum Gasteiger partial charge on any atom is -0.464 e. The molecule has 114 valence electrons. The van der Waals surface area contributed by atoms with Gasteiger partial charge in [0.1, 0.15) is 18.1 Å². The maximum atomic E-state index is 5.82. The van der Waals surface area contributed by atoms with Crippen molar-refractivity contribution in [1.29, 1.82) is 0 Å². The van der Waals surface area contributed by atoms with Crippen molar-refractivity contribution >= 4 is 35.6 Å². The van der Waals surface area contributed by atoms with Gasteiger partial charge in [0.15, 0.2) is 5.96 Å². The molecule has 0 amide bonds. The van der Waals surface area contributed by atoms with Gasteiger partial charge in [0.25, 0.3) is 0 Å². The van der Waals surface area contributed by atoms with Crippen LogP contribution in [-0.4, -0.2) is 15.7 Å². The molecule has 2 heterocycles. The highest BCUT2D eigenvalue weighted by atomic mass is 127. The molecule has 0 radical (unpaired) electrons. The molecule has 2 unspecified atom stereocenters. The fourth-order valence-electron chi connectivity index (χ4n) is 2.23. The van der Waals surface area contributed by atoms with Crippen LogP contribution < -0.4 is 11.1 Å². The van der Waals surface area contributed by atoms with Crippen LogP contribution in [-0.2, 0) is 13.6 Å². The van der Waals surface area contributed by atoms with E-state index >= 15 is 0 Å². The number of nitrogens with two attached hydrogens (primary N) is 1. The lowest BCUT2D eigenvalue weighted by atomic mass is 10.3. The van der Waals surface area contributed by atoms with Gasteiger partial charge in [-0.2, -0.15) is 5.10 Å². The molecule has 1 saturated carbocycles. The van der Waals surface area contributed by atoms with Crippen molar-refractivity contribution in [2.45, 2.75) is 25.8 Å². The lowest BCUT2D eigenvalue weighted by Gasteiger charge is -2.01. The second-order valence-corrected chi connectivity index (χ2v) is 5.35. The Morgan fingerprint density at radius 1 is 1.57 bits per heavy atom. The van der Waals surface area contributed by atoms with Crippen molar-refractivity contribution in [1.82, 2.24) is 9.78 Å². The highest BCUT2D eigenvalue weighted by Gasteiger charge is 2.36. The van der Waals surface area contributed by atoms with Gasteiger partial charge < -0.3 is 15.5 Å². The summed E-state index contributed by atoms with van der Waals surface area (Å²) < 4.78 is 7.48. The second kappa shape index (κ2) is 6.50. The summed E-state index contributed by atoms with van der Waals surface area (Å²) in [6.07, 6.45) is 4.75. The maximum absolute atomic E-state index is 5.82. The third-order valence-electron chi connectivity index (χ3n) is 3.54. The monoisotopic (exact) mass is 401 g/mol. The fourth-order valence-corrected chi connectivity index (χ4v) is 2.23. The Morgan fingerprint density at radius 2 is 2.33 bits per heavy atom. The Balaban J connectivity index is 0.00000161. The second-order valence-electron chi connectivity index (χ2n) is 5.35. The van der Waals surface area contributed by atoms with E-state index in [9.17, 15) is 0 Å². The van der Waals surface area contributed by atoms with Gasteiger partial charge in [0, 0.05) is 19.2 Å². The first kappa shape index (κ1) is 15.9. The summed E-state index contributed by atoms with van der Waals surface area (Å²) in [4.78, 5) is 4.26. The topological polar surface area (TPSA) is 81.4 Å². The van der Waals surface area contributed by atoms with Crippen LogP contribution in [0.1, 0.15) is 30.8 Å². The number of anilines is 1. The van der Waals surface area contributed by atoms with Gasteiger partial charge in [-0.1, -0.05) is 6.92 Å². The summed E-state index contributed by atoms with van der Waals surface area (Å²) in [7, 11) is 1.85. The number of nitrogens with zero attached hydrogens (tertiary/aromatic N) is 3. The van der Waals surface area contributed by atoms with Gasteiger partial charge in [-0.3, -0.25) is 4.68 Å². The predicted molar refractivity (Wildman–Crippen MR) is 92.8 cm³/mol. The Morgan fingerprint density at radius 3 is 2.95 bits per heavy atom. The van der Waals surface area contributed by atoms with E-state index in [1.165, 1.54) is 6.42 Å². The highest BCUT2D eigenvalue weighted by Crippen LogP contribution is 2.47. The Kier molecular flexibility index (Phi) is 4.92. The van der Waals surface area contributed by atoms with E-state index in [0.29, 0.717) is 18.4 Å². The minimum absolute atomic E-state index is 0. The average molecular weight is 401 g/mol. The van der Waals surface area contributed by atoms with Crippen LogP contribution in [0.15, 0.2) is 33.9 Å². The van der Waals surface area contributed by atoms with Crippen LogP contribution >= 0.6 is 24.0 Å². The molecule has 3 rings (SSSR count). The zero-order chi connectivity index (χ0) is 14.1. The van der Waals surface area contributed by atoms with Crippen LogP contribution in [0.2, 0.25) is 0 Å². The number of guanidine groups is 1. The molecule has 0 saturated heterocycles. The molecule has 0 spiro atoms. The van der Waals surface area contributed by atoms with Gasteiger partial charge in [-0.15, -0.1) is 24.0 Å². The molecule has 3 N–H and O–H groups in total. The third kappa shape index (κ3) is 3.99. The number of hydrogen-bond donors (Lipinski definition) is 2. The summed E-state index contributed by atoms with van der Waals surface area (Å²) in [5.74, 6) is 3.61. The molecule has 0 aromatic carbocycles. The van der Waals surface area contributed by atoms with Crippen molar-refractivity contribution in [2.75, 3.05) is 5.32 Å². The molecule has 2 atom stereocenters. The molecule has 0 aliphatic heterocycles. The van der Waals surface area contributed by atoms with Gasteiger partial charge in [-0.05, 0) is 24.5 Å². The summed E-state index contributed by atoms with van der Waals surface area (Å²) in [6, 6.07) is 4.02. The van der Waals surface area contributed by atoms with E-state index in [1.54, 1.807) is 10.9 Å². The Hall–Kier alpha value is -1.51. The predicted octanol–water partition coefficient (Wildman–Crippen LogP) is 2.68. The van der Waals surface area contributed by atoms with Crippen molar-refractivity contribution in [3.05, 3.63) is 36.0 Å². The van der Waals surface area contributed by atoms with E-state index in [2.05, 4.69) is 22.3 Å². The Labute approximate surface area is 140 Å². The molecular weight excluding hydrogens is 381 g/mol. The van der Waals surface area contributed by atoms with Gasteiger partial charge in [0.05, 0.1) is 11.9 Å². The zero-order valence-corrected chi connectivity index (χ0v) is 14.4. The number of aryl methyl sites for hydroxylation is 1. The lowest BCUT2D eigenvalue weighted by molar-refractivity contribution is 0.464. The number of halogens is 1. The molecule has 2 aromatic rings. The van der Waals surface area contributed by atoms with E-state index in [1.807, 2.05) is 25.4 Å². The number of aliphatic imine (C=N–C) groups is 1. The van der Waals surface area contributed by atoms with Crippen LogP contribution in [0.4, 0.5) is 5.69 Å². The normalized spacial score (nSPS) is 21.0. The van der Waals surface area contributed by atoms with Crippen molar-refractivity contribution < 1.29 is 4.42 Å². The number of nitrogens with one attached hydrogen (secondary N) is 1. The number of aromatic nitrogens is 2. The molecular formula is C14H20IN5O. The van der Waals surface area contributed by atoms with E-state index in [0.717, 1.165) is 23.1 Å². The molecule has 7 heteroatoms. The lowest BCUT2D eigenvalue weighted by Crippen LogP contribution is -2.22. The standard InChI is InChI=1S/C14H19N5O.HI/c1-9-5-12(9)13-4-3-11(20-13)7-16-14(15)18-10-6-17-19(2)8-10;/h3-4,6,8-9,12H,5,7H2,1-2H3,(H3,15,16,18);1H. The van der Waals surface area contributed by atoms with E-state index in [-0.39, 0.29) is 24.0 Å². The van der Waals surface area contributed by atoms with Gasteiger partial charge in [0.2, 0.25) is 0 Å². The summed E-state index contributed by atoms with van der Waals surface area (Å²) in [6.45, 7) is 2.68. The fraction of sp³-hybridized carbons (Fsp3) is 0.429. The summed E-state index contributed by atoms with van der Waals surface area (Å²) in [5.41, 5.74) is 6.64.